The van der Waals surface area contributed by atoms with E-state index in [1.807, 2.05) is 13.2 Å². The SMILES string of the molecule is CSCCC(C)NC(=O)N[C@@H](CCC(N)=O)C(=O)O. The predicted octanol–water partition coefficient (Wildman–Crippen LogP) is 0.146. The molecule has 110 valence electrons. The van der Waals surface area contributed by atoms with Gasteiger partial charge in [0.25, 0.3) is 0 Å². The molecule has 0 aromatic rings. The van der Waals surface area contributed by atoms with E-state index in [0.29, 0.717) is 0 Å². The van der Waals surface area contributed by atoms with E-state index in [9.17, 15) is 14.4 Å². The number of hydrogen-bond donors (Lipinski definition) is 4. The van der Waals surface area contributed by atoms with Crippen molar-refractivity contribution in [3.05, 3.63) is 0 Å². The molecule has 3 amide bonds. The van der Waals surface area contributed by atoms with E-state index in [4.69, 9.17) is 10.8 Å². The minimum atomic E-state index is -1.19. The summed E-state index contributed by atoms with van der Waals surface area (Å²) in [6.07, 6.45) is 2.67. The van der Waals surface area contributed by atoms with Crippen LogP contribution in [0.15, 0.2) is 0 Å². The van der Waals surface area contributed by atoms with Gasteiger partial charge in [0.05, 0.1) is 0 Å². The predicted molar refractivity (Wildman–Crippen MR) is 74.0 cm³/mol. The van der Waals surface area contributed by atoms with E-state index < -0.39 is 23.9 Å². The molecule has 0 aliphatic rings. The van der Waals surface area contributed by atoms with Gasteiger partial charge in [-0.05, 0) is 31.8 Å². The molecule has 0 rings (SSSR count). The highest BCUT2D eigenvalue weighted by Crippen LogP contribution is 2.01. The van der Waals surface area contributed by atoms with Gasteiger partial charge in [-0.15, -0.1) is 0 Å². The minimum Gasteiger partial charge on any atom is -0.480 e. The standard InChI is InChI=1S/C11H21N3O4S/c1-7(5-6-19-2)13-11(18)14-8(10(16)17)3-4-9(12)15/h7-8H,3-6H2,1-2H3,(H2,12,15)(H,16,17)(H2,13,14,18)/t7?,8-/m0/s1. The molecule has 5 N–H and O–H groups in total. The lowest BCUT2D eigenvalue weighted by Gasteiger charge is -2.17. The zero-order chi connectivity index (χ0) is 14.8. The van der Waals surface area contributed by atoms with Crippen LogP contribution in [-0.4, -0.2) is 47.1 Å². The van der Waals surface area contributed by atoms with Gasteiger partial charge in [0, 0.05) is 12.5 Å². The number of amides is 3. The first-order valence-corrected chi connectivity index (χ1v) is 7.33. The smallest absolute Gasteiger partial charge is 0.326 e. The number of aliphatic carboxylic acids is 1. The Morgan fingerprint density at radius 3 is 2.37 bits per heavy atom. The largest absolute Gasteiger partial charge is 0.480 e. The van der Waals surface area contributed by atoms with Gasteiger partial charge in [0.15, 0.2) is 0 Å². The third kappa shape index (κ3) is 9.18. The summed E-state index contributed by atoms with van der Waals surface area (Å²) < 4.78 is 0. The van der Waals surface area contributed by atoms with Crippen LogP contribution < -0.4 is 16.4 Å². The molecule has 19 heavy (non-hydrogen) atoms. The molecule has 7 nitrogen and oxygen atoms in total. The lowest BCUT2D eigenvalue weighted by molar-refractivity contribution is -0.139. The molecular weight excluding hydrogens is 270 g/mol. The minimum absolute atomic E-state index is 0.0166. The van der Waals surface area contributed by atoms with Crippen molar-refractivity contribution >= 4 is 29.7 Å². The third-order valence-electron chi connectivity index (χ3n) is 2.42. The van der Waals surface area contributed by atoms with Crippen molar-refractivity contribution in [2.24, 2.45) is 5.73 Å². The Morgan fingerprint density at radius 1 is 1.26 bits per heavy atom. The Kier molecular flexibility index (Phi) is 8.77. The van der Waals surface area contributed by atoms with Gasteiger partial charge in [-0.2, -0.15) is 11.8 Å². The average Bonchev–Trinajstić information content (AvgIpc) is 2.31. The molecule has 0 aromatic heterocycles. The van der Waals surface area contributed by atoms with E-state index >= 15 is 0 Å². The summed E-state index contributed by atoms with van der Waals surface area (Å²) >= 11 is 1.67. The zero-order valence-electron chi connectivity index (χ0n) is 11.1. The van der Waals surface area contributed by atoms with Gasteiger partial charge in [0.1, 0.15) is 6.04 Å². The Hall–Kier alpha value is -1.44. The number of nitrogens with one attached hydrogen (secondary N) is 2. The molecule has 0 bridgehead atoms. The number of urea groups is 1. The lowest BCUT2D eigenvalue weighted by atomic mass is 10.1. The van der Waals surface area contributed by atoms with Crippen molar-refractivity contribution in [1.82, 2.24) is 10.6 Å². The topological polar surface area (TPSA) is 122 Å². The van der Waals surface area contributed by atoms with Gasteiger partial charge in [-0.1, -0.05) is 0 Å². The first-order chi connectivity index (χ1) is 8.86. The number of carbonyl (C=O) groups excluding carboxylic acids is 2. The van der Waals surface area contributed by atoms with Crippen LogP contribution in [0.25, 0.3) is 0 Å². The van der Waals surface area contributed by atoms with Crippen LogP contribution in [0.5, 0.6) is 0 Å². The van der Waals surface area contributed by atoms with E-state index in [1.54, 1.807) is 11.8 Å². The molecule has 0 saturated carbocycles. The summed E-state index contributed by atoms with van der Waals surface area (Å²) in [5.41, 5.74) is 4.94. The van der Waals surface area contributed by atoms with Gasteiger partial charge in [-0.25, -0.2) is 9.59 Å². The highest BCUT2D eigenvalue weighted by atomic mass is 32.2. The van der Waals surface area contributed by atoms with Crippen LogP contribution in [0.4, 0.5) is 4.79 Å². The maximum Gasteiger partial charge on any atom is 0.326 e. The summed E-state index contributed by atoms with van der Waals surface area (Å²) in [5.74, 6) is -0.874. The normalized spacial score (nSPS) is 13.4. The Balaban J connectivity index is 4.16. The summed E-state index contributed by atoms with van der Waals surface area (Å²) in [4.78, 5) is 33.1. The lowest BCUT2D eigenvalue weighted by Crippen LogP contribution is -2.48. The molecule has 8 heteroatoms. The summed E-state index contributed by atoms with van der Waals surface area (Å²) in [7, 11) is 0. The molecular formula is C11H21N3O4S. The van der Waals surface area contributed by atoms with Crippen LogP contribution in [-0.2, 0) is 9.59 Å². The molecule has 0 spiro atoms. The van der Waals surface area contributed by atoms with Crippen LogP contribution in [0.1, 0.15) is 26.2 Å². The number of nitrogens with two attached hydrogens (primary N) is 1. The van der Waals surface area contributed by atoms with Gasteiger partial charge < -0.3 is 21.5 Å². The maximum atomic E-state index is 11.6. The van der Waals surface area contributed by atoms with Crippen LogP contribution in [0.3, 0.4) is 0 Å². The molecule has 0 aliphatic heterocycles. The molecule has 0 saturated heterocycles. The van der Waals surface area contributed by atoms with Crippen LogP contribution >= 0.6 is 11.8 Å². The van der Waals surface area contributed by atoms with E-state index in [0.717, 1.165) is 12.2 Å². The van der Waals surface area contributed by atoms with E-state index in [-0.39, 0.29) is 18.9 Å². The fraction of sp³-hybridized carbons (Fsp3) is 0.727. The van der Waals surface area contributed by atoms with E-state index in [1.165, 1.54) is 0 Å². The fourth-order valence-electron chi connectivity index (χ4n) is 1.33. The number of rotatable bonds is 9. The van der Waals surface area contributed by atoms with Gasteiger partial charge in [-0.3, -0.25) is 4.79 Å². The first-order valence-electron chi connectivity index (χ1n) is 5.94. The Bertz CT molecular complexity index is 325. The van der Waals surface area contributed by atoms with Crippen LogP contribution in [0, 0.1) is 0 Å². The number of thioether (sulfide) groups is 1. The number of primary amides is 1. The molecule has 2 atom stereocenters. The molecule has 0 aliphatic carbocycles. The number of carboxylic acids is 1. The summed E-state index contributed by atoms with van der Waals surface area (Å²) in [5, 5.41) is 13.9. The second kappa shape index (κ2) is 9.48. The number of hydrogen-bond acceptors (Lipinski definition) is 4. The quantitative estimate of drug-likeness (QED) is 0.481. The van der Waals surface area contributed by atoms with Crippen molar-refractivity contribution in [1.29, 1.82) is 0 Å². The molecule has 0 fully saturated rings. The van der Waals surface area contributed by atoms with Crippen molar-refractivity contribution in [2.45, 2.75) is 38.3 Å². The monoisotopic (exact) mass is 291 g/mol. The molecule has 0 radical (unpaired) electrons. The first kappa shape index (κ1) is 17.6. The highest BCUT2D eigenvalue weighted by molar-refractivity contribution is 7.98. The third-order valence-corrected chi connectivity index (χ3v) is 3.06. The summed E-state index contributed by atoms with van der Waals surface area (Å²) in [6, 6.07) is -1.70. The maximum absolute atomic E-state index is 11.6. The van der Waals surface area contributed by atoms with Gasteiger partial charge in [0.2, 0.25) is 5.91 Å². The molecule has 1 unspecified atom stereocenters. The van der Waals surface area contributed by atoms with E-state index in [2.05, 4.69) is 10.6 Å². The second-order valence-corrected chi connectivity index (χ2v) is 5.18. The van der Waals surface area contributed by atoms with Gasteiger partial charge >= 0.3 is 12.0 Å². The second-order valence-electron chi connectivity index (χ2n) is 4.20. The zero-order valence-corrected chi connectivity index (χ0v) is 12.0. The van der Waals surface area contributed by atoms with Crippen molar-refractivity contribution in [3.63, 3.8) is 0 Å². The van der Waals surface area contributed by atoms with Crippen molar-refractivity contribution < 1.29 is 19.5 Å². The number of carbonyl (C=O) groups is 3. The summed E-state index contributed by atoms with van der Waals surface area (Å²) in [6.45, 7) is 1.84. The molecule has 0 heterocycles. The van der Waals surface area contributed by atoms with Crippen molar-refractivity contribution in [2.75, 3.05) is 12.0 Å². The van der Waals surface area contributed by atoms with Crippen LogP contribution in [0.2, 0.25) is 0 Å². The molecule has 0 aromatic carbocycles. The van der Waals surface area contributed by atoms with Crippen molar-refractivity contribution in [3.8, 4) is 0 Å². The fourth-order valence-corrected chi connectivity index (χ4v) is 1.92. The highest BCUT2D eigenvalue weighted by Gasteiger charge is 2.20. The number of carboxylic acid groups (broad SMARTS) is 1. The Morgan fingerprint density at radius 2 is 1.89 bits per heavy atom. The Labute approximate surface area is 116 Å². The average molecular weight is 291 g/mol.